The fraction of sp³-hybridized carbons (Fsp3) is 0.706. The van der Waals surface area contributed by atoms with Crippen LogP contribution in [0.3, 0.4) is 0 Å². The van der Waals surface area contributed by atoms with Crippen molar-refractivity contribution < 1.29 is 9.90 Å². The van der Waals surface area contributed by atoms with Crippen molar-refractivity contribution in [3.63, 3.8) is 0 Å². The molecule has 0 radical (unpaired) electrons. The number of fused-ring (bicyclic) bond motifs is 1. The number of aliphatic carboxylic acids is 1. The standard InChI is InChI=1S/C17H24N2O2/c1-2-11-4-3-5-12(8-11)16-18-10-14-9-13(17(20)21)6-7-15(14)19-16/h10-13H,2-9H2,1H3,(H,20,21). The van der Waals surface area contributed by atoms with Crippen LogP contribution in [0, 0.1) is 11.8 Å². The average molecular weight is 288 g/mol. The van der Waals surface area contributed by atoms with Crippen molar-refractivity contribution in [3.05, 3.63) is 23.3 Å². The van der Waals surface area contributed by atoms with Crippen LogP contribution in [0.1, 0.15) is 68.4 Å². The van der Waals surface area contributed by atoms with E-state index in [1.807, 2.05) is 6.20 Å². The van der Waals surface area contributed by atoms with E-state index in [0.717, 1.165) is 29.4 Å². The lowest BCUT2D eigenvalue weighted by Crippen LogP contribution is -2.24. The maximum absolute atomic E-state index is 11.1. The Morgan fingerprint density at radius 3 is 3.00 bits per heavy atom. The van der Waals surface area contributed by atoms with Gasteiger partial charge in [0.1, 0.15) is 5.82 Å². The number of carbonyl (C=O) groups is 1. The maximum atomic E-state index is 11.1. The second kappa shape index (κ2) is 6.12. The molecule has 0 spiro atoms. The number of hydrogen-bond acceptors (Lipinski definition) is 3. The smallest absolute Gasteiger partial charge is 0.306 e. The van der Waals surface area contributed by atoms with Gasteiger partial charge in [-0.05, 0) is 43.6 Å². The highest BCUT2D eigenvalue weighted by Crippen LogP contribution is 2.36. The molecule has 21 heavy (non-hydrogen) atoms. The Morgan fingerprint density at radius 2 is 2.24 bits per heavy atom. The monoisotopic (exact) mass is 288 g/mol. The predicted octanol–water partition coefficient (Wildman–Crippen LogP) is 3.35. The second-order valence-corrected chi connectivity index (χ2v) is 6.62. The molecule has 1 heterocycles. The number of aromatic nitrogens is 2. The van der Waals surface area contributed by atoms with Gasteiger partial charge in [-0.1, -0.05) is 26.2 Å². The molecule has 2 aliphatic rings. The van der Waals surface area contributed by atoms with Gasteiger partial charge in [0.05, 0.1) is 5.92 Å². The summed E-state index contributed by atoms with van der Waals surface area (Å²) in [5.74, 6) is 1.38. The van der Waals surface area contributed by atoms with E-state index < -0.39 is 5.97 Å². The van der Waals surface area contributed by atoms with E-state index in [4.69, 9.17) is 10.1 Å². The minimum Gasteiger partial charge on any atom is -0.481 e. The third-order valence-electron chi connectivity index (χ3n) is 5.24. The number of nitrogens with zero attached hydrogens (tertiary/aromatic N) is 2. The van der Waals surface area contributed by atoms with Crippen LogP contribution in [0.5, 0.6) is 0 Å². The average Bonchev–Trinajstić information content (AvgIpc) is 2.53. The van der Waals surface area contributed by atoms with Gasteiger partial charge < -0.3 is 5.11 Å². The van der Waals surface area contributed by atoms with E-state index in [9.17, 15) is 4.79 Å². The predicted molar refractivity (Wildman–Crippen MR) is 80.2 cm³/mol. The fourth-order valence-electron chi connectivity index (χ4n) is 3.83. The van der Waals surface area contributed by atoms with E-state index in [0.29, 0.717) is 18.8 Å². The van der Waals surface area contributed by atoms with Gasteiger partial charge >= 0.3 is 5.97 Å². The first-order chi connectivity index (χ1) is 10.2. The molecule has 3 rings (SSSR count). The normalized spacial score (nSPS) is 28.9. The van der Waals surface area contributed by atoms with Crippen molar-refractivity contribution in [1.82, 2.24) is 9.97 Å². The molecule has 1 aromatic heterocycles. The van der Waals surface area contributed by atoms with Crippen molar-refractivity contribution in [2.45, 2.75) is 64.2 Å². The Kier molecular flexibility index (Phi) is 4.22. The van der Waals surface area contributed by atoms with Crippen LogP contribution in [0.15, 0.2) is 6.20 Å². The number of aryl methyl sites for hydroxylation is 1. The third-order valence-corrected chi connectivity index (χ3v) is 5.24. The summed E-state index contributed by atoms with van der Waals surface area (Å²) in [5, 5.41) is 9.14. The van der Waals surface area contributed by atoms with Gasteiger partial charge in [-0.15, -0.1) is 0 Å². The molecule has 1 N–H and O–H groups in total. The summed E-state index contributed by atoms with van der Waals surface area (Å²) >= 11 is 0. The lowest BCUT2D eigenvalue weighted by Gasteiger charge is -2.28. The van der Waals surface area contributed by atoms with Gasteiger partial charge in [-0.3, -0.25) is 4.79 Å². The zero-order valence-electron chi connectivity index (χ0n) is 12.7. The van der Waals surface area contributed by atoms with Gasteiger partial charge in [-0.2, -0.15) is 0 Å². The van der Waals surface area contributed by atoms with Crippen molar-refractivity contribution in [2.75, 3.05) is 0 Å². The highest BCUT2D eigenvalue weighted by Gasteiger charge is 2.28. The Bertz CT molecular complexity index is 530. The number of carboxylic acid groups (broad SMARTS) is 1. The van der Waals surface area contributed by atoms with Gasteiger partial charge in [-0.25, -0.2) is 9.97 Å². The van der Waals surface area contributed by atoms with Gasteiger partial charge in [0.15, 0.2) is 0 Å². The second-order valence-electron chi connectivity index (χ2n) is 6.62. The summed E-state index contributed by atoms with van der Waals surface area (Å²) in [6.45, 7) is 2.27. The molecule has 114 valence electrons. The number of carboxylic acids is 1. The topological polar surface area (TPSA) is 63.1 Å². The molecule has 1 saturated carbocycles. The summed E-state index contributed by atoms with van der Waals surface area (Å²) in [4.78, 5) is 20.5. The summed E-state index contributed by atoms with van der Waals surface area (Å²) in [6, 6.07) is 0. The summed E-state index contributed by atoms with van der Waals surface area (Å²) in [7, 11) is 0. The van der Waals surface area contributed by atoms with E-state index in [1.165, 1.54) is 32.1 Å². The highest BCUT2D eigenvalue weighted by atomic mass is 16.4. The van der Waals surface area contributed by atoms with Gasteiger partial charge in [0, 0.05) is 17.8 Å². The van der Waals surface area contributed by atoms with Crippen LogP contribution in [-0.2, 0) is 17.6 Å². The molecular formula is C17H24N2O2. The molecule has 4 nitrogen and oxygen atoms in total. The maximum Gasteiger partial charge on any atom is 0.306 e. The van der Waals surface area contributed by atoms with Gasteiger partial charge in [0.25, 0.3) is 0 Å². The lowest BCUT2D eigenvalue weighted by atomic mass is 9.79. The van der Waals surface area contributed by atoms with Crippen molar-refractivity contribution in [3.8, 4) is 0 Å². The SMILES string of the molecule is CCC1CCCC(c2ncc3c(n2)CCC(C(=O)O)C3)C1. The third kappa shape index (κ3) is 3.09. The van der Waals surface area contributed by atoms with Crippen LogP contribution in [-0.4, -0.2) is 21.0 Å². The van der Waals surface area contributed by atoms with Crippen LogP contribution in [0.2, 0.25) is 0 Å². The Hall–Kier alpha value is -1.45. The Balaban J connectivity index is 1.76. The Labute approximate surface area is 126 Å². The molecule has 0 aromatic carbocycles. The lowest BCUT2D eigenvalue weighted by molar-refractivity contribution is -0.142. The molecular weight excluding hydrogens is 264 g/mol. The largest absolute Gasteiger partial charge is 0.481 e. The first-order valence-corrected chi connectivity index (χ1v) is 8.24. The van der Waals surface area contributed by atoms with Crippen molar-refractivity contribution >= 4 is 5.97 Å². The molecule has 1 fully saturated rings. The first kappa shape index (κ1) is 14.5. The van der Waals surface area contributed by atoms with Crippen molar-refractivity contribution in [2.24, 2.45) is 11.8 Å². The molecule has 0 bridgehead atoms. The fourth-order valence-corrected chi connectivity index (χ4v) is 3.83. The molecule has 4 heteroatoms. The van der Waals surface area contributed by atoms with E-state index in [2.05, 4.69) is 11.9 Å². The summed E-state index contributed by atoms with van der Waals surface area (Å²) in [5.41, 5.74) is 2.14. The molecule has 1 aromatic rings. The molecule has 3 atom stereocenters. The minimum absolute atomic E-state index is 0.258. The molecule has 0 amide bonds. The quantitative estimate of drug-likeness (QED) is 0.926. The first-order valence-electron chi connectivity index (χ1n) is 8.24. The van der Waals surface area contributed by atoms with Gasteiger partial charge in [0.2, 0.25) is 0 Å². The molecule has 2 aliphatic carbocycles. The number of rotatable bonds is 3. The van der Waals surface area contributed by atoms with Crippen LogP contribution in [0.4, 0.5) is 0 Å². The van der Waals surface area contributed by atoms with Crippen LogP contribution in [0.25, 0.3) is 0 Å². The van der Waals surface area contributed by atoms with E-state index in [1.54, 1.807) is 0 Å². The van der Waals surface area contributed by atoms with Crippen LogP contribution < -0.4 is 0 Å². The zero-order valence-corrected chi connectivity index (χ0v) is 12.7. The van der Waals surface area contributed by atoms with E-state index in [-0.39, 0.29) is 5.92 Å². The Morgan fingerprint density at radius 1 is 1.38 bits per heavy atom. The van der Waals surface area contributed by atoms with E-state index >= 15 is 0 Å². The summed E-state index contributed by atoms with van der Waals surface area (Å²) in [6.07, 6.45) is 10.3. The molecule has 0 saturated heterocycles. The minimum atomic E-state index is -0.692. The van der Waals surface area contributed by atoms with Crippen molar-refractivity contribution in [1.29, 1.82) is 0 Å². The zero-order chi connectivity index (χ0) is 14.8. The molecule has 0 aliphatic heterocycles. The van der Waals surface area contributed by atoms with Crippen LogP contribution >= 0.6 is 0 Å². The summed E-state index contributed by atoms with van der Waals surface area (Å²) < 4.78 is 0. The highest BCUT2D eigenvalue weighted by molar-refractivity contribution is 5.70. The number of hydrogen-bond donors (Lipinski definition) is 1. The molecule has 3 unspecified atom stereocenters.